The van der Waals surface area contributed by atoms with E-state index in [2.05, 4.69) is 21.7 Å². The van der Waals surface area contributed by atoms with Crippen LogP contribution in [0.5, 0.6) is 0 Å². The summed E-state index contributed by atoms with van der Waals surface area (Å²) in [4.78, 5) is 24.6. The van der Waals surface area contributed by atoms with Crippen LogP contribution in [-0.2, 0) is 19.5 Å². The molecule has 4 rings (SSSR count). The number of aromatic nitrogens is 2. The van der Waals surface area contributed by atoms with Crippen molar-refractivity contribution in [1.82, 2.24) is 14.9 Å². The Morgan fingerprint density at radius 3 is 2.89 bits per heavy atom. The molecule has 0 radical (unpaired) electrons. The molecule has 0 bridgehead atoms. The number of halogens is 2. The van der Waals surface area contributed by atoms with Crippen molar-refractivity contribution in [1.29, 1.82) is 0 Å². The number of hydrogen-bond acceptors (Lipinski definition) is 4. The summed E-state index contributed by atoms with van der Waals surface area (Å²) >= 11 is 0. The summed E-state index contributed by atoms with van der Waals surface area (Å²) in [6.07, 6.45) is 3.01. The van der Waals surface area contributed by atoms with Gasteiger partial charge in [-0.1, -0.05) is 13.0 Å². The van der Waals surface area contributed by atoms with Gasteiger partial charge in [-0.2, -0.15) is 0 Å². The summed E-state index contributed by atoms with van der Waals surface area (Å²) in [5.41, 5.74) is 2.13. The molecule has 1 fully saturated rings. The second-order valence-electron chi connectivity index (χ2n) is 7.72. The molecule has 0 aliphatic carbocycles. The lowest BCUT2D eigenvalue weighted by Crippen LogP contribution is -2.39. The zero-order valence-electron chi connectivity index (χ0n) is 15.5. The minimum Gasteiger partial charge on any atom is -0.342 e. The minimum atomic E-state index is -0.844. The zero-order chi connectivity index (χ0) is 19.0. The van der Waals surface area contributed by atoms with Crippen molar-refractivity contribution in [2.45, 2.75) is 39.3 Å². The molecule has 5 nitrogen and oxygen atoms in total. The molecule has 3 heterocycles. The van der Waals surface area contributed by atoms with Gasteiger partial charge in [0, 0.05) is 39.1 Å². The normalized spacial score (nSPS) is 20.6. The van der Waals surface area contributed by atoms with E-state index < -0.39 is 11.6 Å². The van der Waals surface area contributed by atoms with Crippen LogP contribution in [0.2, 0.25) is 0 Å². The van der Waals surface area contributed by atoms with E-state index in [1.54, 1.807) is 6.07 Å². The average molecular weight is 374 g/mol. The van der Waals surface area contributed by atoms with E-state index in [0.717, 1.165) is 37.8 Å². The first-order valence-electron chi connectivity index (χ1n) is 9.53. The molecule has 1 N–H and O–H groups in total. The predicted octanol–water partition coefficient (Wildman–Crippen LogP) is 2.84. The maximum atomic E-state index is 13.4. The van der Waals surface area contributed by atoms with Gasteiger partial charge in [-0.25, -0.2) is 13.8 Å². The highest BCUT2D eigenvalue weighted by Crippen LogP contribution is 2.22. The molecule has 2 aliphatic rings. The molecule has 0 saturated carbocycles. The standard InChI is InChI=1S/C20H24F2N4O/c1-13-3-2-7-26(10-13)20-23-18-6-8-25(12-15(18)19(27)24-20)11-14-4-5-16(21)17(22)9-14/h4-5,9,13H,2-3,6-8,10-12H2,1H3,(H,23,24,27). The van der Waals surface area contributed by atoms with Gasteiger partial charge in [-0.3, -0.25) is 14.7 Å². The molecule has 1 aromatic heterocycles. The van der Waals surface area contributed by atoms with Crippen LogP contribution in [-0.4, -0.2) is 34.5 Å². The Morgan fingerprint density at radius 1 is 1.26 bits per heavy atom. The van der Waals surface area contributed by atoms with Gasteiger partial charge < -0.3 is 4.90 Å². The largest absolute Gasteiger partial charge is 0.342 e. The Bertz CT molecular complexity index is 898. The number of H-pyrrole nitrogens is 1. The van der Waals surface area contributed by atoms with Crippen LogP contribution < -0.4 is 10.5 Å². The van der Waals surface area contributed by atoms with Crippen LogP contribution in [0.3, 0.4) is 0 Å². The minimum absolute atomic E-state index is 0.0942. The Hall–Kier alpha value is -2.28. The number of piperidine rings is 1. The lowest BCUT2D eigenvalue weighted by molar-refractivity contribution is 0.241. The molecule has 0 amide bonds. The Morgan fingerprint density at radius 2 is 2.11 bits per heavy atom. The molecule has 144 valence electrons. The van der Waals surface area contributed by atoms with Crippen LogP contribution in [0.1, 0.15) is 36.6 Å². The molecule has 27 heavy (non-hydrogen) atoms. The third kappa shape index (κ3) is 3.88. The molecule has 2 aromatic rings. The maximum absolute atomic E-state index is 13.4. The van der Waals surface area contributed by atoms with Crippen LogP contribution in [0, 0.1) is 17.6 Å². The van der Waals surface area contributed by atoms with Gasteiger partial charge in [0.1, 0.15) is 0 Å². The van der Waals surface area contributed by atoms with E-state index in [0.29, 0.717) is 42.5 Å². The third-order valence-corrected chi connectivity index (χ3v) is 5.48. The topological polar surface area (TPSA) is 52.2 Å². The van der Waals surface area contributed by atoms with Crippen LogP contribution >= 0.6 is 0 Å². The maximum Gasteiger partial charge on any atom is 0.257 e. The van der Waals surface area contributed by atoms with Gasteiger partial charge in [0.25, 0.3) is 5.56 Å². The first-order chi connectivity index (χ1) is 13.0. The summed E-state index contributed by atoms with van der Waals surface area (Å²) in [6.45, 7) is 5.74. The molecule has 1 atom stereocenters. The summed E-state index contributed by atoms with van der Waals surface area (Å²) in [7, 11) is 0. The highest BCUT2D eigenvalue weighted by molar-refractivity contribution is 5.35. The predicted molar refractivity (Wildman–Crippen MR) is 99.6 cm³/mol. The number of rotatable bonds is 3. The fourth-order valence-corrected chi connectivity index (χ4v) is 4.03. The highest BCUT2D eigenvalue weighted by Gasteiger charge is 2.24. The summed E-state index contributed by atoms with van der Waals surface area (Å²) in [5, 5.41) is 0. The Labute approximate surface area is 157 Å². The van der Waals surface area contributed by atoms with E-state index >= 15 is 0 Å². The highest BCUT2D eigenvalue weighted by atomic mass is 19.2. The quantitative estimate of drug-likeness (QED) is 0.898. The van der Waals surface area contributed by atoms with Crippen molar-refractivity contribution >= 4 is 5.95 Å². The van der Waals surface area contributed by atoms with Crippen LogP contribution in [0.4, 0.5) is 14.7 Å². The van der Waals surface area contributed by atoms with Gasteiger partial charge in [0.15, 0.2) is 11.6 Å². The molecule has 7 heteroatoms. The number of fused-ring (bicyclic) bond motifs is 1. The molecule has 1 unspecified atom stereocenters. The van der Waals surface area contributed by atoms with Gasteiger partial charge in [0.2, 0.25) is 5.95 Å². The van der Waals surface area contributed by atoms with Crippen LogP contribution in [0.25, 0.3) is 0 Å². The van der Waals surface area contributed by atoms with E-state index in [4.69, 9.17) is 4.98 Å². The first kappa shape index (κ1) is 18.1. The monoisotopic (exact) mass is 374 g/mol. The second kappa shape index (κ2) is 7.38. The number of nitrogens with one attached hydrogen (secondary N) is 1. The Kier molecular flexibility index (Phi) is 4.95. The number of nitrogens with zero attached hydrogens (tertiary/aromatic N) is 3. The van der Waals surface area contributed by atoms with Crippen molar-refractivity contribution in [2.75, 3.05) is 24.5 Å². The second-order valence-corrected chi connectivity index (χ2v) is 7.72. The van der Waals surface area contributed by atoms with Crippen molar-refractivity contribution in [2.24, 2.45) is 5.92 Å². The molecule has 1 aromatic carbocycles. The first-order valence-corrected chi connectivity index (χ1v) is 9.53. The summed E-state index contributed by atoms with van der Waals surface area (Å²) in [5.74, 6) is -0.404. The zero-order valence-corrected chi connectivity index (χ0v) is 15.5. The van der Waals surface area contributed by atoms with Crippen molar-refractivity contribution < 1.29 is 8.78 Å². The lowest BCUT2D eigenvalue weighted by Gasteiger charge is -2.33. The van der Waals surface area contributed by atoms with Crippen molar-refractivity contribution in [3.05, 3.63) is 57.0 Å². The van der Waals surface area contributed by atoms with E-state index in [9.17, 15) is 13.6 Å². The number of anilines is 1. The average Bonchev–Trinajstić information content (AvgIpc) is 2.65. The van der Waals surface area contributed by atoms with Crippen molar-refractivity contribution in [3.63, 3.8) is 0 Å². The third-order valence-electron chi connectivity index (χ3n) is 5.48. The molecule has 2 aliphatic heterocycles. The molecular formula is C20H24F2N4O. The Balaban J connectivity index is 1.51. The van der Waals surface area contributed by atoms with Crippen molar-refractivity contribution in [3.8, 4) is 0 Å². The van der Waals surface area contributed by atoms with Gasteiger partial charge in [-0.05, 0) is 36.5 Å². The smallest absolute Gasteiger partial charge is 0.257 e. The molecule has 0 spiro atoms. The van der Waals surface area contributed by atoms with E-state index in [1.807, 2.05) is 0 Å². The molecule has 1 saturated heterocycles. The number of hydrogen-bond donors (Lipinski definition) is 1. The fourth-order valence-electron chi connectivity index (χ4n) is 4.03. The van der Waals surface area contributed by atoms with Gasteiger partial charge in [-0.15, -0.1) is 0 Å². The number of benzene rings is 1. The van der Waals surface area contributed by atoms with Crippen LogP contribution in [0.15, 0.2) is 23.0 Å². The van der Waals surface area contributed by atoms with E-state index in [-0.39, 0.29) is 5.56 Å². The SMILES string of the molecule is CC1CCCN(c2nc3c(c(=O)[nH]2)CN(Cc2ccc(F)c(F)c2)CC3)C1. The lowest BCUT2D eigenvalue weighted by atomic mass is 10.0. The van der Waals surface area contributed by atoms with E-state index in [1.165, 1.54) is 12.5 Å². The van der Waals surface area contributed by atoms with Gasteiger partial charge in [0.05, 0.1) is 11.3 Å². The number of aromatic amines is 1. The summed E-state index contributed by atoms with van der Waals surface area (Å²) < 4.78 is 26.5. The molecular weight excluding hydrogens is 350 g/mol. The fraction of sp³-hybridized carbons (Fsp3) is 0.500. The summed E-state index contributed by atoms with van der Waals surface area (Å²) in [6, 6.07) is 3.94. The van der Waals surface area contributed by atoms with Gasteiger partial charge >= 0.3 is 0 Å².